The van der Waals surface area contributed by atoms with Gasteiger partial charge in [0, 0.05) is 19.6 Å². The Bertz CT molecular complexity index is 328. The highest BCUT2D eigenvalue weighted by Crippen LogP contribution is 2.21. The molecule has 0 aliphatic rings. The van der Waals surface area contributed by atoms with E-state index in [1.54, 1.807) is 24.1 Å². The molecular formula is C11H17FN2O. The fourth-order valence-corrected chi connectivity index (χ4v) is 1.39. The molecule has 1 rings (SSSR count). The number of rotatable bonds is 4. The SMILES string of the molecule is C[C@@H](N)c1ccc(N(C)CCO)c(F)c1. The van der Waals surface area contributed by atoms with E-state index in [1.165, 1.54) is 6.07 Å². The molecule has 4 heteroatoms. The van der Waals surface area contributed by atoms with Gasteiger partial charge in [0.05, 0.1) is 12.3 Å². The van der Waals surface area contributed by atoms with Crippen LogP contribution >= 0.6 is 0 Å². The summed E-state index contributed by atoms with van der Waals surface area (Å²) in [5.41, 5.74) is 6.90. The highest BCUT2D eigenvalue weighted by molar-refractivity contribution is 5.48. The predicted molar refractivity (Wildman–Crippen MR) is 59.4 cm³/mol. The van der Waals surface area contributed by atoms with Crippen molar-refractivity contribution in [1.82, 2.24) is 0 Å². The van der Waals surface area contributed by atoms with Gasteiger partial charge in [0.25, 0.3) is 0 Å². The van der Waals surface area contributed by atoms with Crippen LogP contribution in [-0.4, -0.2) is 25.3 Å². The van der Waals surface area contributed by atoms with Gasteiger partial charge in [-0.25, -0.2) is 4.39 Å². The molecule has 3 nitrogen and oxygen atoms in total. The van der Waals surface area contributed by atoms with Gasteiger partial charge in [0.1, 0.15) is 5.82 Å². The van der Waals surface area contributed by atoms with E-state index in [9.17, 15) is 4.39 Å². The summed E-state index contributed by atoms with van der Waals surface area (Å²) in [6.45, 7) is 2.23. The zero-order valence-corrected chi connectivity index (χ0v) is 9.07. The largest absolute Gasteiger partial charge is 0.395 e. The molecule has 0 unspecified atom stereocenters. The molecule has 0 saturated heterocycles. The first-order valence-electron chi connectivity index (χ1n) is 4.93. The lowest BCUT2D eigenvalue weighted by Gasteiger charge is -2.19. The van der Waals surface area contributed by atoms with E-state index in [2.05, 4.69) is 0 Å². The molecule has 0 aliphatic heterocycles. The summed E-state index contributed by atoms with van der Waals surface area (Å²) in [4.78, 5) is 1.67. The van der Waals surface area contributed by atoms with Gasteiger partial charge >= 0.3 is 0 Å². The lowest BCUT2D eigenvalue weighted by Crippen LogP contribution is -2.22. The number of hydrogen-bond donors (Lipinski definition) is 2. The standard InChI is InChI=1S/C11H17FN2O/c1-8(13)9-3-4-11(10(12)7-9)14(2)5-6-15/h3-4,7-8,15H,5-6,13H2,1-2H3/t8-/m1/s1. The minimum absolute atomic E-state index is 0.00494. The molecule has 0 aliphatic carbocycles. The smallest absolute Gasteiger partial charge is 0.146 e. The van der Waals surface area contributed by atoms with Crippen LogP contribution in [0.5, 0.6) is 0 Å². The molecule has 0 spiro atoms. The molecule has 15 heavy (non-hydrogen) atoms. The zero-order valence-electron chi connectivity index (χ0n) is 9.07. The minimum Gasteiger partial charge on any atom is -0.395 e. The van der Waals surface area contributed by atoms with Crippen molar-refractivity contribution in [3.63, 3.8) is 0 Å². The van der Waals surface area contributed by atoms with Crippen LogP contribution in [0.4, 0.5) is 10.1 Å². The predicted octanol–water partition coefficient (Wildman–Crippen LogP) is 1.27. The summed E-state index contributed by atoms with van der Waals surface area (Å²) in [6.07, 6.45) is 0. The number of aliphatic hydroxyl groups excluding tert-OH is 1. The van der Waals surface area contributed by atoms with Crippen molar-refractivity contribution >= 4 is 5.69 Å². The first-order chi connectivity index (χ1) is 7.06. The Morgan fingerprint density at radius 3 is 2.67 bits per heavy atom. The highest BCUT2D eigenvalue weighted by Gasteiger charge is 2.09. The third-order valence-corrected chi connectivity index (χ3v) is 2.34. The molecule has 0 amide bonds. The number of aliphatic hydroxyl groups is 1. The zero-order chi connectivity index (χ0) is 11.4. The van der Waals surface area contributed by atoms with Crippen molar-refractivity contribution in [1.29, 1.82) is 0 Å². The highest BCUT2D eigenvalue weighted by atomic mass is 19.1. The number of likely N-dealkylation sites (N-methyl/N-ethyl adjacent to an activating group) is 1. The number of halogens is 1. The molecule has 0 bridgehead atoms. The Labute approximate surface area is 89.3 Å². The first kappa shape index (κ1) is 11.9. The minimum atomic E-state index is -0.305. The van der Waals surface area contributed by atoms with Crippen molar-refractivity contribution < 1.29 is 9.50 Å². The summed E-state index contributed by atoms with van der Waals surface area (Å²) in [7, 11) is 1.74. The molecule has 1 atom stereocenters. The molecule has 0 saturated carbocycles. The van der Waals surface area contributed by atoms with Crippen molar-refractivity contribution in [3.8, 4) is 0 Å². The van der Waals surface area contributed by atoms with Crippen LogP contribution in [0.1, 0.15) is 18.5 Å². The van der Waals surface area contributed by atoms with E-state index in [4.69, 9.17) is 10.8 Å². The van der Waals surface area contributed by atoms with Gasteiger partial charge in [-0.05, 0) is 24.6 Å². The summed E-state index contributed by atoms with van der Waals surface area (Å²) < 4.78 is 13.6. The number of hydrogen-bond acceptors (Lipinski definition) is 3. The number of benzene rings is 1. The van der Waals surface area contributed by atoms with Gasteiger partial charge in [-0.3, -0.25) is 0 Å². The topological polar surface area (TPSA) is 49.5 Å². The van der Waals surface area contributed by atoms with Gasteiger partial charge in [0.15, 0.2) is 0 Å². The Kier molecular flexibility index (Phi) is 4.05. The lowest BCUT2D eigenvalue weighted by atomic mass is 10.1. The molecule has 0 fully saturated rings. The maximum atomic E-state index is 13.6. The van der Waals surface area contributed by atoms with Gasteiger partial charge in [0.2, 0.25) is 0 Å². The molecule has 1 aromatic rings. The quantitative estimate of drug-likeness (QED) is 0.790. The van der Waals surface area contributed by atoms with Gasteiger partial charge in [-0.15, -0.1) is 0 Å². The van der Waals surface area contributed by atoms with E-state index in [0.717, 1.165) is 5.56 Å². The van der Waals surface area contributed by atoms with Gasteiger partial charge in [-0.2, -0.15) is 0 Å². The van der Waals surface area contributed by atoms with Crippen molar-refractivity contribution in [2.75, 3.05) is 25.1 Å². The van der Waals surface area contributed by atoms with E-state index >= 15 is 0 Å². The van der Waals surface area contributed by atoms with Crippen LogP contribution in [0.15, 0.2) is 18.2 Å². The average Bonchev–Trinajstić information content (AvgIpc) is 2.17. The van der Waals surface area contributed by atoms with Crippen molar-refractivity contribution in [2.24, 2.45) is 5.73 Å². The van der Waals surface area contributed by atoms with E-state index < -0.39 is 0 Å². The third kappa shape index (κ3) is 2.91. The second-order valence-corrected chi connectivity index (χ2v) is 3.64. The normalized spacial score (nSPS) is 12.6. The van der Waals surface area contributed by atoms with Crippen LogP contribution in [0.2, 0.25) is 0 Å². The summed E-state index contributed by atoms with van der Waals surface area (Å²) in [6, 6.07) is 4.76. The van der Waals surface area contributed by atoms with Crippen molar-refractivity contribution in [2.45, 2.75) is 13.0 Å². The maximum absolute atomic E-state index is 13.6. The van der Waals surface area contributed by atoms with Crippen molar-refractivity contribution in [3.05, 3.63) is 29.6 Å². The van der Waals surface area contributed by atoms with Crippen LogP contribution in [0, 0.1) is 5.82 Å². The molecule has 0 radical (unpaired) electrons. The van der Waals surface area contributed by atoms with Crippen LogP contribution < -0.4 is 10.6 Å². The van der Waals surface area contributed by atoms with Crippen LogP contribution in [0.25, 0.3) is 0 Å². The fraction of sp³-hybridized carbons (Fsp3) is 0.455. The summed E-state index contributed by atoms with van der Waals surface area (Å²) in [5, 5.41) is 8.75. The summed E-state index contributed by atoms with van der Waals surface area (Å²) >= 11 is 0. The number of anilines is 1. The Balaban J connectivity index is 2.92. The third-order valence-electron chi connectivity index (χ3n) is 2.34. The number of nitrogens with zero attached hydrogens (tertiary/aromatic N) is 1. The van der Waals surface area contributed by atoms with Gasteiger partial charge in [-0.1, -0.05) is 6.07 Å². The Hall–Kier alpha value is -1.13. The maximum Gasteiger partial charge on any atom is 0.146 e. The van der Waals surface area contributed by atoms with Crippen LogP contribution in [-0.2, 0) is 0 Å². The van der Waals surface area contributed by atoms with E-state index in [-0.39, 0.29) is 18.5 Å². The Morgan fingerprint density at radius 2 is 2.20 bits per heavy atom. The number of nitrogens with two attached hydrogens (primary N) is 1. The fourth-order valence-electron chi connectivity index (χ4n) is 1.39. The second-order valence-electron chi connectivity index (χ2n) is 3.64. The lowest BCUT2D eigenvalue weighted by molar-refractivity contribution is 0.304. The molecule has 84 valence electrons. The molecular weight excluding hydrogens is 195 g/mol. The molecule has 0 heterocycles. The molecule has 1 aromatic carbocycles. The van der Waals surface area contributed by atoms with E-state index in [1.807, 2.05) is 6.92 Å². The summed E-state index contributed by atoms with van der Waals surface area (Å²) in [5.74, 6) is -0.305. The average molecular weight is 212 g/mol. The molecule has 0 aromatic heterocycles. The van der Waals surface area contributed by atoms with E-state index in [0.29, 0.717) is 12.2 Å². The second kappa shape index (κ2) is 5.09. The molecule has 3 N–H and O–H groups in total. The first-order valence-corrected chi connectivity index (χ1v) is 4.93. The Morgan fingerprint density at radius 1 is 1.53 bits per heavy atom. The monoisotopic (exact) mass is 212 g/mol. The van der Waals surface area contributed by atoms with Crippen LogP contribution in [0.3, 0.4) is 0 Å². The van der Waals surface area contributed by atoms with Gasteiger partial charge < -0.3 is 15.7 Å².